The van der Waals surface area contributed by atoms with E-state index in [1.807, 2.05) is 42.5 Å². The van der Waals surface area contributed by atoms with Crippen LogP contribution in [0.25, 0.3) is 11.5 Å². The van der Waals surface area contributed by atoms with Crippen molar-refractivity contribution in [1.29, 1.82) is 0 Å². The molecule has 0 unspecified atom stereocenters. The average molecular weight is 333 g/mol. The zero-order chi connectivity index (χ0) is 17.1. The van der Waals surface area contributed by atoms with Gasteiger partial charge in [-0.25, -0.2) is 0 Å². The summed E-state index contributed by atoms with van der Waals surface area (Å²) in [7, 11) is 0. The Morgan fingerprint density at radius 2 is 1.92 bits per heavy atom. The van der Waals surface area contributed by atoms with Crippen LogP contribution in [0.1, 0.15) is 46.7 Å². The minimum absolute atomic E-state index is 0.0107. The van der Waals surface area contributed by atoms with E-state index in [2.05, 4.69) is 21.6 Å². The minimum atomic E-state index is -0.0107. The van der Waals surface area contributed by atoms with E-state index < -0.39 is 0 Å². The van der Waals surface area contributed by atoms with Gasteiger partial charge in [-0.15, -0.1) is 10.2 Å². The first kappa shape index (κ1) is 15.6. The number of hydrogen-bond donors (Lipinski definition) is 1. The lowest BCUT2D eigenvalue weighted by Gasteiger charge is -2.27. The van der Waals surface area contributed by atoms with Crippen molar-refractivity contribution in [1.82, 2.24) is 15.5 Å². The van der Waals surface area contributed by atoms with Crippen LogP contribution in [0.15, 0.2) is 59.3 Å². The number of aromatic nitrogens is 2. The van der Waals surface area contributed by atoms with Crippen LogP contribution in [-0.4, -0.2) is 16.1 Å². The summed E-state index contributed by atoms with van der Waals surface area (Å²) in [5.41, 5.74) is 3.87. The molecular weight excluding hydrogens is 314 g/mol. The number of benzene rings is 2. The molecule has 1 fully saturated rings. The summed E-state index contributed by atoms with van der Waals surface area (Å²) in [4.78, 5) is 12.6. The maximum Gasteiger partial charge on any atom is 0.251 e. The number of carbonyl (C=O) groups is 1. The lowest BCUT2D eigenvalue weighted by Crippen LogP contribution is -2.25. The SMILES string of the molecule is O=C(NCc1ccc(-c2nnco2)cc1)c1ccccc1C1CCC1. The molecule has 5 nitrogen and oxygen atoms in total. The Bertz CT molecular complexity index is 853. The summed E-state index contributed by atoms with van der Waals surface area (Å²) < 4.78 is 5.18. The molecule has 25 heavy (non-hydrogen) atoms. The fourth-order valence-electron chi connectivity index (χ4n) is 3.12. The van der Waals surface area contributed by atoms with Crippen molar-refractivity contribution >= 4 is 5.91 Å². The Hall–Kier alpha value is -2.95. The van der Waals surface area contributed by atoms with Gasteiger partial charge in [0.1, 0.15) is 0 Å². The minimum Gasteiger partial charge on any atom is -0.423 e. The molecule has 0 radical (unpaired) electrons. The summed E-state index contributed by atoms with van der Waals surface area (Å²) in [6, 6.07) is 15.7. The van der Waals surface area contributed by atoms with E-state index in [1.54, 1.807) is 0 Å². The summed E-state index contributed by atoms with van der Waals surface area (Å²) in [6.45, 7) is 0.488. The van der Waals surface area contributed by atoms with Crippen molar-refractivity contribution in [3.05, 3.63) is 71.6 Å². The lowest BCUT2D eigenvalue weighted by molar-refractivity contribution is 0.0949. The van der Waals surface area contributed by atoms with Gasteiger partial charge < -0.3 is 9.73 Å². The molecule has 5 heteroatoms. The van der Waals surface area contributed by atoms with Gasteiger partial charge in [-0.3, -0.25) is 4.79 Å². The maximum absolute atomic E-state index is 12.6. The van der Waals surface area contributed by atoms with Crippen molar-refractivity contribution in [2.45, 2.75) is 31.7 Å². The number of nitrogens with zero attached hydrogens (tertiary/aromatic N) is 2. The van der Waals surface area contributed by atoms with Crippen molar-refractivity contribution in [2.75, 3.05) is 0 Å². The normalized spacial score (nSPS) is 14.1. The van der Waals surface area contributed by atoms with Crippen LogP contribution in [0.5, 0.6) is 0 Å². The van der Waals surface area contributed by atoms with Gasteiger partial charge in [-0.2, -0.15) is 0 Å². The third kappa shape index (κ3) is 3.31. The van der Waals surface area contributed by atoms with E-state index in [0.717, 1.165) is 16.7 Å². The van der Waals surface area contributed by atoms with Crippen molar-refractivity contribution in [2.24, 2.45) is 0 Å². The monoisotopic (exact) mass is 333 g/mol. The third-order valence-corrected chi connectivity index (χ3v) is 4.76. The number of amides is 1. The number of nitrogens with one attached hydrogen (secondary N) is 1. The van der Waals surface area contributed by atoms with E-state index in [0.29, 0.717) is 18.4 Å². The number of rotatable bonds is 5. The molecule has 3 aromatic rings. The van der Waals surface area contributed by atoms with Crippen LogP contribution in [0.3, 0.4) is 0 Å². The highest BCUT2D eigenvalue weighted by molar-refractivity contribution is 5.95. The molecular formula is C20H19N3O2. The van der Waals surface area contributed by atoms with E-state index in [-0.39, 0.29) is 5.91 Å². The summed E-state index contributed by atoms with van der Waals surface area (Å²) in [5.74, 6) is 1.02. The molecule has 1 N–H and O–H groups in total. The predicted octanol–water partition coefficient (Wildman–Crippen LogP) is 3.93. The van der Waals surface area contributed by atoms with Crippen LogP contribution < -0.4 is 5.32 Å². The largest absolute Gasteiger partial charge is 0.423 e. The molecule has 4 rings (SSSR count). The van der Waals surface area contributed by atoms with Crippen molar-refractivity contribution in [3.8, 4) is 11.5 Å². The molecule has 0 saturated heterocycles. The van der Waals surface area contributed by atoms with E-state index >= 15 is 0 Å². The summed E-state index contributed by atoms with van der Waals surface area (Å²) >= 11 is 0. The van der Waals surface area contributed by atoms with Crippen LogP contribution >= 0.6 is 0 Å². The van der Waals surface area contributed by atoms with E-state index in [4.69, 9.17) is 4.42 Å². The van der Waals surface area contributed by atoms with Gasteiger partial charge in [-0.1, -0.05) is 36.8 Å². The number of carbonyl (C=O) groups excluding carboxylic acids is 1. The fraction of sp³-hybridized carbons (Fsp3) is 0.250. The number of hydrogen-bond acceptors (Lipinski definition) is 4. The first-order chi connectivity index (χ1) is 12.3. The topological polar surface area (TPSA) is 68.0 Å². The molecule has 1 amide bonds. The second kappa shape index (κ2) is 6.89. The highest BCUT2D eigenvalue weighted by atomic mass is 16.4. The molecule has 1 saturated carbocycles. The van der Waals surface area contributed by atoms with Gasteiger partial charge in [0.25, 0.3) is 5.91 Å². The second-order valence-electron chi connectivity index (χ2n) is 6.34. The van der Waals surface area contributed by atoms with Gasteiger partial charge in [0.05, 0.1) is 0 Å². The molecule has 0 atom stereocenters. The first-order valence-corrected chi connectivity index (χ1v) is 8.54. The fourth-order valence-corrected chi connectivity index (χ4v) is 3.12. The van der Waals surface area contributed by atoms with Crippen LogP contribution in [-0.2, 0) is 6.54 Å². The average Bonchev–Trinajstić information content (AvgIpc) is 3.14. The van der Waals surface area contributed by atoms with Crippen molar-refractivity contribution < 1.29 is 9.21 Å². The standard InChI is InChI=1S/C20H19N3O2/c24-19(18-7-2-1-6-17(18)15-4-3-5-15)21-12-14-8-10-16(11-9-14)20-23-22-13-25-20/h1-2,6-11,13,15H,3-5,12H2,(H,21,24). The van der Waals surface area contributed by atoms with Gasteiger partial charge in [0.2, 0.25) is 12.3 Å². The molecule has 126 valence electrons. The lowest BCUT2D eigenvalue weighted by atomic mass is 9.78. The summed E-state index contributed by atoms with van der Waals surface area (Å²) in [6.07, 6.45) is 4.93. The van der Waals surface area contributed by atoms with Crippen LogP contribution in [0, 0.1) is 0 Å². The Balaban J connectivity index is 1.42. The maximum atomic E-state index is 12.6. The Morgan fingerprint density at radius 3 is 2.60 bits per heavy atom. The first-order valence-electron chi connectivity index (χ1n) is 8.54. The van der Waals surface area contributed by atoms with Gasteiger partial charge >= 0.3 is 0 Å². The Morgan fingerprint density at radius 1 is 1.12 bits per heavy atom. The van der Waals surface area contributed by atoms with Gasteiger partial charge in [-0.05, 0) is 48.1 Å². The van der Waals surface area contributed by atoms with Crippen LogP contribution in [0.4, 0.5) is 0 Å². The molecule has 0 spiro atoms. The highest BCUT2D eigenvalue weighted by Gasteiger charge is 2.23. The molecule has 0 aliphatic heterocycles. The smallest absolute Gasteiger partial charge is 0.251 e. The molecule has 1 aliphatic rings. The van der Waals surface area contributed by atoms with Gasteiger partial charge in [0.15, 0.2) is 0 Å². The Kier molecular flexibility index (Phi) is 4.29. The Labute approximate surface area is 146 Å². The summed E-state index contributed by atoms with van der Waals surface area (Å²) in [5, 5.41) is 10.6. The zero-order valence-corrected chi connectivity index (χ0v) is 13.8. The molecule has 1 heterocycles. The van der Waals surface area contributed by atoms with Gasteiger partial charge in [0, 0.05) is 17.7 Å². The predicted molar refractivity (Wildman–Crippen MR) is 93.9 cm³/mol. The molecule has 1 aliphatic carbocycles. The van der Waals surface area contributed by atoms with Crippen LogP contribution in [0.2, 0.25) is 0 Å². The third-order valence-electron chi connectivity index (χ3n) is 4.76. The molecule has 1 aromatic heterocycles. The highest BCUT2D eigenvalue weighted by Crippen LogP contribution is 2.37. The van der Waals surface area contributed by atoms with Crippen molar-refractivity contribution in [3.63, 3.8) is 0 Å². The van der Waals surface area contributed by atoms with E-state index in [1.165, 1.54) is 31.2 Å². The molecule has 2 aromatic carbocycles. The second-order valence-corrected chi connectivity index (χ2v) is 6.34. The molecule has 0 bridgehead atoms. The quantitative estimate of drug-likeness (QED) is 0.768. The van der Waals surface area contributed by atoms with E-state index in [9.17, 15) is 4.79 Å². The zero-order valence-electron chi connectivity index (χ0n) is 13.8.